The largest absolute Gasteiger partial charge is 0.176 e. The highest BCUT2D eigenvalue weighted by atomic mass is 127. The molecule has 0 bridgehead atoms. The van der Waals surface area contributed by atoms with Gasteiger partial charge in [-0.15, -0.1) is 0 Å². The molecule has 0 aliphatic rings. The Morgan fingerprint density at radius 1 is 1.83 bits per heavy atom. The third-order valence-corrected chi connectivity index (χ3v) is 1.41. The molecule has 0 radical (unpaired) electrons. The minimum Gasteiger partial charge on any atom is -0.176 e. The smallest absolute Gasteiger partial charge is 0.000561 e. The quantitative estimate of drug-likeness (QED) is 0.408. The van der Waals surface area contributed by atoms with Crippen LogP contribution in [0.3, 0.4) is 0 Å². The van der Waals surface area contributed by atoms with E-state index in [-0.39, 0.29) is 0 Å². The van der Waals surface area contributed by atoms with Crippen molar-refractivity contribution in [3.63, 3.8) is 0 Å². The molecule has 0 nitrogen and oxygen atoms in total. The van der Waals surface area contributed by atoms with E-state index >= 15 is 0 Å². The highest BCUT2D eigenvalue weighted by molar-refractivity contribution is 14.1. The number of hydrogen-bond acceptors (Lipinski definition) is 1. The van der Waals surface area contributed by atoms with E-state index < -0.39 is 0 Å². The highest BCUT2D eigenvalue weighted by Gasteiger charge is 1.87. The van der Waals surface area contributed by atoms with Crippen LogP contribution in [-0.4, -0.2) is 9.68 Å². The van der Waals surface area contributed by atoms with Crippen molar-refractivity contribution in [3.05, 3.63) is 0 Å². The first kappa shape index (κ1) is 7.08. The molecule has 0 aliphatic heterocycles. The molecule has 0 aromatic heterocycles. The zero-order valence-corrected chi connectivity index (χ0v) is 6.87. The van der Waals surface area contributed by atoms with Crippen molar-refractivity contribution in [1.82, 2.24) is 0 Å². The minimum atomic E-state index is 0.585. The average Bonchev–Trinajstić information content (AvgIpc) is 1.35. The average molecular weight is 216 g/mol. The van der Waals surface area contributed by atoms with Crippen LogP contribution >= 0.6 is 35.2 Å². The van der Waals surface area contributed by atoms with Gasteiger partial charge in [-0.3, -0.25) is 0 Å². The molecule has 0 heterocycles. The third kappa shape index (κ3) is 5.08. The van der Waals surface area contributed by atoms with Crippen LogP contribution in [0.25, 0.3) is 0 Å². The molecule has 0 aromatic rings. The lowest BCUT2D eigenvalue weighted by molar-refractivity contribution is 0.936. The van der Waals surface area contributed by atoms with Gasteiger partial charge in [-0.05, 0) is 11.7 Å². The summed E-state index contributed by atoms with van der Waals surface area (Å²) in [5, 5.41) is 0.585. The lowest BCUT2D eigenvalue weighted by atomic mass is 10.4. The fourth-order valence-electron chi connectivity index (χ4n) is 0.158. The first-order valence-electron chi connectivity index (χ1n) is 2.01. The fourth-order valence-corrected chi connectivity index (χ4v) is 1.71. The van der Waals surface area contributed by atoms with E-state index in [1.165, 1.54) is 10.8 Å². The Hall–Kier alpha value is 1.08. The van der Waals surface area contributed by atoms with Crippen LogP contribution in [0.15, 0.2) is 0 Å². The van der Waals surface area contributed by atoms with Crippen LogP contribution in [-0.2, 0) is 0 Å². The molecule has 1 atom stereocenters. The minimum absolute atomic E-state index is 0.585. The van der Waals surface area contributed by atoms with Gasteiger partial charge in [0.15, 0.2) is 0 Å². The van der Waals surface area contributed by atoms with E-state index in [0.29, 0.717) is 5.25 Å². The Morgan fingerprint density at radius 3 is 2.33 bits per heavy atom. The standard InChI is InChI=1S/C4H9IS/c1-4(6)2-3-5/h4,6H,2-3H2,1H3. The Balaban J connectivity index is 2.63. The summed E-state index contributed by atoms with van der Waals surface area (Å²) in [6, 6.07) is 0. The summed E-state index contributed by atoms with van der Waals surface area (Å²) in [4.78, 5) is 0. The molecule has 1 unspecified atom stereocenters. The van der Waals surface area contributed by atoms with Crippen molar-refractivity contribution < 1.29 is 0 Å². The summed E-state index contributed by atoms with van der Waals surface area (Å²) in [6.45, 7) is 2.11. The summed E-state index contributed by atoms with van der Waals surface area (Å²) in [7, 11) is 0. The lowest BCUT2D eigenvalue weighted by Gasteiger charge is -1.94. The molecule has 38 valence electrons. The van der Waals surface area contributed by atoms with E-state index in [9.17, 15) is 0 Å². The van der Waals surface area contributed by atoms with E-state index in [4.69, 9.17) is 0 Å². The summed E-state index contributed by atoms with van der Waals surface area (Å²) >= 11 is 6.53. The van der Waals surface area contributed by atoms with Crippen LogP contribution in [0.1, 0.15) is 13.3 Å². The lowest BCUT2D eigenvalue weighted by Crippen LogP contribution is -1.88. The topological polar surface area (TPSA) is 0 Å². The summed E-state index contributed by atoms with van der Waals surface area (Å²) in [5.74, 6) is 0. The van der Waals surface area contributed by atoms with E-state index in [1.54, 1.807) is 0 Å². The molecular weight excluding hydrogens is 207 g/mol. The molecule has 0 rings (SSSR count). The molecule has 0 aromatic carbocycles. The molecule has 0 saturated carbocycles. The molecular formula is C4H9IS. The SMILES string of the molecule is CC(S)CCI. The Morgan fingerprint density at radius 2 is 2.33 bits per heavy atom. The number of halogens is 1. The van der Waals surface area contributed by atoms with Crippen LogP contribution < -0.4 is 0 Å². The van der Waals surface area contributed by atoms with Gasteiger partial charge in [0.25, 0.3) is 0 Å². The molecule has 0 N–H and O–H groups in total. The monoisotopic (exact) mass is 216 g/mol. The van der Waals surface area contributed by atoms with Crippen LogP contribution in [0.2, 0.25) is 0 Å². The molecule has 0 spiro atoms. The second-order valence-electron chi connectivity index (χ2n) is 1.33. The second kappa shape index (κ2) is 4.24. The Bertz CT molecular complexity index is 28.7. The Kier molecular flexibility index (Phi) is 5.01. The van der Waals surface area contributed by atoms with Crippen molar-refractivity contribution in [2.75, 3.05) is 4.43 Å². The predicted octanol–water partition coefficient (Wildman–Crippen LogP) is 2.13. The van der Waals surface area contributed by atoms with Gasteiger partial charge >= 0.3 is 0 Å². The summed E-state index contributed by atoms with van der Waals surface area (Å²) < 4.78 is 1.22. The van der Waals surface area contributed by atoms with Gasteiger partial charge in [0, 0.05) is 4.43 Å². The van der Waals surface area contributed by atoms with Crippen LogP contribution in [0, 0.1) is 0 Å². The summed E-state index contributed by atoms with van der Waals surface area (Å²) in [5.41, 5.74) is 0. The number of alkyl halides is 1. The first-order valence-corrected chi connectivity index (χ1v) is 4.05. The van der Waals surface area contributed by atoms with Gasteiger partial charge < -0.3 is 0 Å². The van der Waals surface area contributed by atoms with Gasteiger partial charge in [-0.25, -0.2) is 0 Å². The fraction of sp³-hybridized carbons (Fsp3) is 1.00. The molecule has 6 heavy (non-hydrogen) atoms. The van der Waals surface area contributed by atoms with E-state index in [0.717, 1.165) is 0 Å². The van der Waals surface area contributed by atoms with Crippen molar-refractivity contribution >= 4 is 35.2 Å². The predicted molar refractivity (Wildman–Crippen MR) is 42.0 cm³/mol. The molecule has 0 fully saturated rings. The molecule has 0 saturated heterocycles. The normalized spacial score (nSPS) is 14.5. The summed E-state index contributed by atoms with van der Waals surface area (Å²) in [6.07, 6.45) is 1.23. The van der Waals surface area contributed by atoms with Gasteiger partial charge in [0.1, 0.15) is 0 Å². The van der Waals surface area contributed by atoms with Crippen molar-refractivity contribution in [3.8, 4) is 0 Å². The van der Waals surface area contributed by atoms with Gasteiger partial charge in [-0.2, -0.15) is 12.6 Å². The van der Waals surface area contributed by atoms with Crippen molar-refractivity contribution in [2.24, 2.45) is 0 Å². The molecule has 0 amide bonds. The van der Waals surface area contributed by atoms with Crippen molar-refractivity contribution in [2.45, 2.75) is 18.6 Å². The maximum Gasteiger partial charge on any atom is 0.000561 e. The maximum atomic E-state index is 4.17. The first-order chi connectivity index (χ1) is 2.77. The van der Waals surface area contributed by atoms with Gasteiger partial charge in [0.2, 0.25) is 0 Å². The second-order valence-corrected chi connectivity index (χ2v) is 3.29. The molecule has 0 aliphatic carbocycles. The third-order valence-electron chi connectivity index (χ3n) is 0.527. The van der Waals surface area contributed by atoms with Crippen LogP contribution in [0.4, 0.5) is 0 Å². The highest BCUT2D eigenvalue weighted by Crippen LogP contribution is 2.00. The number of rotatable bonds is 2. The number of hydrogen-bond donors (Lipinski definition) is 1. The zero-order valence-electron chi connectivity index (χ0n) is 3.82. The van der Waals surface area contributed by atoms with E-state index in [2.05, 4.69) is 42.1 Å². The molecule has 2 heteroatoms. The van der Waals surface area contributed by atoms with Gasteiger partial charge in [-0.1, -0.05) is 29.5 Å². The van der Waals surface area contributed by atoms with Crippen molar-refractivity contribution in [1.29, 1.82) is 0 Å². The number of thiol groups is 1. The maximum absolute atomic E-state index is 4.17. The zero-order chi connectivity index (χ0) is 4.99. The van der Waals surface area contributed by atoms with Gasteiger partial charge in [0.05, 0.1) is 0 Å². The Labute approximate surface area is 58.3 Å². The van der Waals surface area contributed by atoms with Crippen LogP contribution in [0.5, 0.6) is 0 Å². The van der Waals surface area contributed by atoms with E-state index in [1.807, 2.05) is 0 Å².